The van der Waals surface area contributed by atoms with Crippen LogP contribution in [0.4, 0.5) is 4.79 Å². The van der Waals surface area contributed by atoms with E-state index in [1.165, 1.54) is 4.90 Å². The van der Waals surface area contributed by atoms with Crippen molar-refractivity contribution < 1.29 is 14.3 Å². The van der Waals surface area contributed by atoms with E-state index in [9.17, 15) is 4.79 Å². The summed E-state index contributed by atoms with van der Waals surface area (Å²) in [6, 6.07) is 7.40. The SMILES string of the molecule is COc1cccc(COC(=O)N(C)CCN)c1. The van der Waals surface area contributed by atoms with Gasteiger partial charge in [-0.15, -0.1) is 0 Å². The molecule has 0 aliphatic heterocycles. The molecule has 0 spiro atoms. The molecule has 0 atom stereocenters. The van der Waals surface area contributed by atoms with Gasteiger partial charge < -0.3 is 20.1 Å². The van der Waals surface area contributed by atoms with Crippen molar-refractivity contribution >= 4 is 6.09 Å². The topological polar surface area (TPSA) is 64.8 Å². The molecular weight excluding hydrogens is 220 g/mol. The zero-order valence-corrected chi connectivity index (χ0v) is 10.2. The van der Waals surface area contributed by atoms with E-state index in [2.05, 4.69) is 0 Å². The van der Waals surface area contributed by atoms with E-state index in [0.29, 0.717) is 13.1 Å². The molecule has 5 nitrogen and oxygen atoms in total. The van der Waals surface area contributed by atoms with E-state index in [1.54, 1.807) is 14.2 Å². The van der Waals surface area contributed by atoms with Crippen LogP contribution in [-0.4, -0.2) is 38.2 Å². The Balaban J connectivity index is 2.46. The Kier molecular flexibility index (Phi) is 5.29. The zero-order valence-electron chi connectivity index (χ0n) is 10.2. The number of hydrogen-bond donors (Lipinski definition) is 1. The van der Waals surface area contributed by atoms with Gasteiger partial charge in [0.25, 0.3) is 0 Å². The lowest BCUT2D eigenvalue weighted by Crippen LogP contribution is -2.32. The van der Waals surface area contributed by atoms with E-state index in [-0.39, 0.29) is 12.7 Å². The minimum absolute atomic E-state index is 0.227. The zero-order chi connectivity index (χ0) is 12.7. The van der Waals surface area contributed by atoms with Gasteiger partial charge >= 0.3 is 6.09 Å². The van der Waals surface area contributed by atoms with E-state index in [1.807, 2.05) is 24.3 Å². The summed E-state index contributed by atoms with van der Waals surface area (Å²) < 4.78 is 10.2. The van der Waals surface area contributed by atoms with Crippen LogP contribution in [0.2, 0.25) is 0 Å². The number of ether oxygens (including phenoxy) is 2. The Labute approximate surface area is 101 Å². The van der Waals surface area contributed by atoms with Crippen LogP contribution in [0.25, 0.3) is 0 Å². The number of carbonyl (C=O) groups is 1. The Morgan fingerprint density at radius 3 is 2.88 bits per heavy atom. The minimum Gasteiger partial charge on any atom is -0.497 e. The number of benzene rings is 1. The predicted octanol–water partition coefficient (Wildman–Crippen LogP) is 1.22. The predicted molar refractivity (Wildman–Crippen MR) is 64.9 cm³/mol. The molecular formula is C12H18N2O3. The molecule has 1 aromatic carbocycles. The number of methoxy groups -OCH3 is 1. The average Bonchev–Trinajstić information content (AvgIpc) is 2.36. The second-order valence-corrected chi connectivity index (χ2v) is 3.62. The minimum atomic E-state index is -0.377. The Hall–Kier alpha value is -1.75. The van der Waals surface area contributed by atoms with E-state index in [4.69, 9.17) is 15.2 Å². The second-order valence-electron chi connectivity index (χ2n) is 3.62. The van der Waals surface area contributed by atoms with Crippen LogP contribution in [-0.2, 0) is 11.3 Å². The van der Waals surface area contributed by atoms with Gasteiger partial charge in [-0.25, -0.2) is 4.79 Å². The highest BCUT2D eigenvalue weighted by Gasteiger charge is 2.08. The molecule has 0 aliphatic carbocycles. The molecule has 0 radical (unpaired) electrons. The van der Waals surface area contributed by atoms with Gasteiger partial charge in [0.05, 0.1) is 7.11 Å². The molecule has 0 saturated carbocycles. The van der Waals surface area contributed by atoms with Crippen LogP contribution < -0.4 is 10.5 Å². The monoisotopic (exact) mass is 238 g/mol. The Morgan fingerprint density at radius 2 is 2.24 bits per heavy atom. The van der Waals surface area contributed by atoms with Crippen LogP contribution in [0.15, 0.2) is 24.3 Å². The van der Waals surface area contributed by atoms with E-state index in [0.717, 1.165) is 11.3 Å². The number of hydrogen-bond acceptors (Lipinski definition) is 4. The summed E-state index contributed by atoms with van der Waals surface area (Å²) in [5.74, 6) is 0.744. The first-order valence-electron chi connectivity index (χ1n) is 5.38. The quantitative estimate of drug-likeness (QED) is 0.837. The average molecular weight is 238 g/mol. The van der Waals surface area contributed by atoms with Crippen molar-refractivity contribution in [3.8, 4) is 5.75 Å². The van der Waals surface area contributed by atoms with Crippen molar-refractivity contribution in [1.82, 2.24) is 4.90 Å². The highest BCUT2D eigenvalue weighted by Crippen LogP contribution is 2.13. The first-order chi connectivity index (χ1) is 8.17. The molecule has 94 valence electrons. The summed E-state index contributed by atoms with van der Waals surface area (Å²) >= 11 is 0. The molecule has 0 unspecified atom stereocenters. The molecule has 1 amide bonds. The molecule has 1 aromatic rings. The Morgan fingerprint density at radius 1 is 1.47 bits per heavy atom. The summed E-state index contributed by atoms with van der Waals surface area (Å²) in [5, 5.41) is 0. The van der Waals surface area contributed by atoms with Crippen molar-refractivity contribution in [3.05, 3.63) is 29.8 Å². The third-order valence-corrected chi connectivity index (χ3v) is 2.27. The van der Waals surface area contributed by atoms with Crippen molar-refractivity contribution in [2.45, 2.75) is 6.61 Å². The van der Waals surface area contributed by atoms with Gasteiger partial charge in [0, 0.05) is 20.1 Å². The summed E-state index contributed by atoms with van der Waals surface area (Å²) in [5.41, 5.74) is 6.23. The largest absolute Gasteiger partial charge is 0.497 e. The molecule has 2 N–H and O–H groups in total. The Bertz CT molecular complexity index is 369. The fourth-order valence-electron chi connectivity index (χ4n) is 1.30. The van der Waals surface area contributed by atoms with Crippen molar-refractivity contribution in [2.75, 3.05) is 27.2 Å². The van der Waals surface area contributed by atoms with Crippen molar-refractivity contribution in [3.63, 3.8) is 0 Å². The normalized spacial score (nSPS) is 9.82. The first-order valence-corrected chi connectivity index (χ1v) is 5.38. The lowest BCUT2D eigenvalue weighted by atomic mass is 10.2. The summed E-state index contributed by atoms with van der Waals surface area (Å²) in [4.78, 5) is 12.9. The number of nitrogens with zero attached hydrogens (tertiary/aromatic N) is 1. The number of rotatable bonds is 5. The van der Waals surface area contributed by atoms with Crippen LogP contribution in [0.1, 0.15) is 5.56 Å². The fourth-order valence-corrected chi connectivity index (χ4v) is 1.30. The van der Waals surface area contributed by atoms with Gasteiger partial charge in [0.15, 0.2) is 0 Å². The third kappa shape index (κ3) is 4.32. The van der Waals surface area contributed by atoms with Gasteiger partial charge in [-0.05, 0) is 17.7 Å². The molecule has 0 saturated heterocycles. The second kappa shape index (κ2) is 6.75. The molecule has 5 heteroatoms. The molecule has 1 rings (SSSR count). The molecule has 0 heterocycles. The van der Waals surface area contributed by atoms with E-state index < -0.39 is 0 Å². The maximum absolute atomic E-state index is 11.5. The maximum atomic E-state index is 11.5. The van der Waals surface area contributed by atoms with Gasteiger partial charge in [-0.2, -0.15) is 0 Å². The van der Waals surface area contributed by atoms with Crippen molar-refractivity contribution in [2.24, 2.45) is 5.73 Å². The number of amides is 1. The third-order valence-electron chi connectivity index (χ3n) is 2.27. The van der Waals surface area contributed by atoms with Crippen LogP contribution in [0.5, 0.6) is 5.75 Å². The molecule has 17 heavy (non-hydrogen) atoms. The summed E-state index contributed by atoms with van der Waals surface area (Å²) in [6.45, 7) is 1.13. The lowest BCUT2D eigenvalue weighted by molar-refractivity contribution is 0.105. The lowest BCUT2D eigenvalue weighted by Gasteiger charge is -2.15. The number of carbonyl (C=O) groups excluding carboxylic acids is 1. The summed E-state index contributed by atoms with van der Waals surface area (Å²) in [6.07, 6.45) is -0.377. The van der Waals surface area contributed by atoms with E-state index >= 15 is 0 Å². The maximum Gasteiger partial charge on any atom is 0.409 e. The van der Waals surface area contributed by atoms with Crippen LogP contribution in [0.3, 0.4) is 0 Å². The fraction of sp³-hybridized carbons (Fsp3) is 0.417. The van der Waals surface area contributed by atoms with Gasteiger partial charge in [-0.1, -0.05) is 12.1 Å². The molecule has 0 fully saturated rings. The first kappa shape index (κ1) is 13.3. The molecule has 0 bridgehead atoms. The van der Waals surface area contributed by atoms with Gasteiger partial charge in [0.2, 0.25) is 0 Å². The molecule has 0 aliphatic rings. The smallest absolute Gasteiger partial charge is 0.409 e. The van der Waals surface area contributed by atoms with Gasteiger partial charge in [-0.3, -0.25) is 0 Å². The highest BCUT2D eigenvalue weighted by molar-refractivity contribution is 5.67. The standard InChI is InChI=1S/C12H18N2O3/c1-14(7-6-13)12(15)17-9-10-4-3-5-11(8-10)16-2/h3-5,8H,6-7,9,13H2,1-2H3. The number of likely N-dealkylation sites (N-methyl/N-ethyl adjacent to an activating group) is 1. The van der Waals surface area contributed by atoms with Crippen LogP contribution in [0, 0.1) is 0 Å². The summed E-state index contributed by atoms with van der Waals surface area (Å²) in [7, 11) is 3.25. The highest BCUT2D eigenvalue weighted by atomic mass is 16.6. The number of nitrogens with two attached hydrogens (primary N) is 1. The molecule has 0 aromatic heterocycles. The van der Waals surface area contributed by atoms with Crippen molar-refractivity contribution in [1.29, 1.82) is 0 Å². The van der Waals surface area contributed by atoms with Gasteiger partial charge in [0.1, 0.15) is 12.4 Å². The van der Waals surface area contributed by atoms with Crippen LogP contribution >= 0.6 is 0 Å².